The topological polar surface area (TPSA) is 64.9 Å². The lowest BCUT2D eigenvalue weighted by Crippen LogP contribution is -2.05. The molecule has 1 unspecified atom stereocenters. The predicted molar refractivity (Wildman–Crippen MR) is 65.6 cm³/mol. The van der Waals surface area contributed by atoms with E-state index in [2.05, 4.69) is 42.2 Å². The summed E-state index contributed by atoms with van der Waals surface area (Å²) in [4.78, 5) is 4.25. The molecule has 0 aliphatic heterocycles. The number of hydrogen-bond donors (Lipinski definition) is 1. The second kappa shape index (κ2) is 4.67. The van der Waals surface area contributed by atoms with E-state index in [0.717, 1.165) is 0 Å². The fourth-order valence-electron chi connectivity index (χ4n) is 1.62. The van der Waals surface area contributed by atoms with Gasteiger partial charge in [-0.2, -0.15) is 4.98 Å². The van der Waals surface area contributed by atoms with Crippen LogP contribution in [0, 0.1) is 13.8 Å². The van der Waals surface area contributed by atoms with Crippen LogP contribution in [0.3, 0.4) is 0 Å². The van der Waals surface area contributed by atoms with Crippen molar-refractivity contribution < 1.29 is 4.52 Å². The zero-order chi connectivity index (χ0) is 12.4. The molecule has 0 aliphatic carbocycles. The first-order valence-electron chi connectivity index (χ1n) is 5.70. The number of aromatic nitrogens is 2. The summed E-state index contributed by atoms with van der Waals surface area (Å²) in [6, 6.07) is 6.13. The minimum Gasteiger partial charge on any atom is -0.338 e. The van der Waals surface area contributed by atoms with Crippen LogP contribution in [0.4, 0.5) is 0 Å². The fraction of sp³-hybridized carbons (Fsp3) is 0.385. The van der Waals surface area contributed by atoms with Gasteiger partial charge in [-0.15, -0.1) is 0 Å². The van der Waals surface area contributed by atoms with Crippen LogP contribution >= 0.6 is 0 Å². The largest absolute Gasteiger partial charge is 0.338 e. The van der Waals surface area contributed by atoms with Gasteiger partial charge >= 0.3 is 0 Å². The Balaban J connectivity index is 2.16. The van der Waals surface area contributed by atoms with Gasteiger partial charge in [-0.3, -0.25) is 0 Å². The van der Waals surface area contributed by atoms with Crippen LogP contribution in [-0.2, 0) is 6.42 Å². The molecule has 1 heterocycles. The van der Waals surface area contributed by atoms with Crippen LogP contribution in [-0.4, -0.2) is 10.1 Å². The molecule has 0 spiro atoms. The van der Waals surface area contributed by atoms with E-state index in [4.69, 9.17) is 10.3 Å². The molecule has 2 aromatic rings. The molecule has 4 nitrogen and oxygen atoms in total. The van der Waals surface area contributed by atoms with Gasteiger partial charge in [-0.25, -0.2) is 0 Å². The molecule has 0 amide bonds. The minimum absolute atomic E-state index is 0.212. The van der Waals surface area contributed by atoms with Crippen LogP contribution in [0.2, 0.25) is 0 Å². The Morgan fingerprint density at radius 2 is 2.06 bits per heavy atom. The van der Waals surface area contributed by atoms with Crippen molar-refractivity contribution in [3.05, 3.63) is 46.6 Å². The summed E-state index contributed by atoms with van der Waals surface area (Å²) in [5.41, 5.74) is 9.42. The lowest BCUT2D eigenvalue weighted by atomic mass is 10.0. The van der Waals surface area contributed by atoms with Gasteiger partial charge in [0.05, 0.1) is 6.04 Å². The van der Waals surface area contributed by atoms with Crippen molar-refractivity contribution in [2.24, 2.45) is 5.73 Å². The molecule has 1 aromatic heterocycles. The van der Waals surface area contributed by atoms with E-state index >= 15 is 0 Å². The molecule has 0 radical (unpaired) electrons. The molecule has 1 aromatic carbocycles. The van der Waals surface area contributed by atoms with E-state index in [1.165, 1.54) is 16.7 Å². The van der Waals surface area contributed by atoms with Crippen molar-refractivity contribution >= 4 is 0 Å². The first-order valence-corrected chi connectivity index (χ1v) is 5.70. The van der Waals surface area contributed by atoms with Crippen LogP contribution in [0.1, 0.15) is 41.4 Å². The number of hydrogen-bond acceptors (Lipinski definition) is 4. The van der Waals surface area contributed by atoms with Gasteiger partial charge < -0.3 is 10.3 Å². The molecule has 0 aliphatic rings. The maximum Gasteiger partial charge on any atom is 0.243 e. The summed E-state index contributed by atoms with van der Waals surface area (Å²) in [6.45, 7) is 6.03. The van der Waals surface area contributed by atoms with Crippen molar-refractivity contribution in [1.29, 1.82) is 0 Å². The summed E-state index contributed by atoms with van der Waals surface area (Å²) in [7, 11) is 0. The molecule has 17 heavy (non-hydrogen) atoms. The van der Waals surface area contributed by atoms with E-state index in [9.17, 15) is 0 Å². The van der Waals surface area contributed by atoms with Crippen LogP contribution in [0.15, 0.2) is 22.7 Å². The van der Waals surface area contributed by atoms with Gasteiger partial charge in [0.15, 0.2) is 5.82 Å². The summed E-state index contributed by atoms with van der Waals surface area (Å²) < 4.78 is 5.07. The Kier molecular flexibility index (Phi) is 3.24. The Bertz CT molecular complexity index is 517. The molecule has 0 saturated heterocycles. The highest BCUT2D eigenvalue weighted by molar-refractivity contribution is 5.31. The van der Waals surface area contributed by atoms with Crippen LogP contribution in [0.5, 0.6) is 0 Å². The minimum atomic E-state index is -0.212. The van der Waals surface area contributed by atoms with E-state index < -0.39 is 0 Å². The maximum absolute atomic E-state index is 5.67. The van der Waals surface area contributed by atoms with Crippen molar-refractivity contribution in [2.75, 3.05) is 0 Å². The Labute approximate surface area is 101 Å². The Hall–Kier alpha value is -1.68. The zero-order valence-corrected chi connectivity index (χ0v) is 10.4. The third-order valence-corrected chi connectivity index (χ3v) is 2.81. The highest BCUT2D eigenvalue weighted by Gasteiger charge is 2.10. The van der Waals surface area contributed by atoms with Gasteiger partial charge in [-0.05, 0) is 37.5 Å². The number of nitrogens with two attached hydrogens (primary N) is 1. The molecular formula is C13H17N3O. The molecule has 2 rings (SSSR count). The number of rotatable bonds is 3. The molecule has 0 saturated carbocycles. The number of nitrogens with zero attached hydrogens (tertiary/aromatic N) is 2. The van der Waals surface area contributed by atoms with Crippen LogP contribution in [0.25, 0.3) is 0 Å². The monoisotopic (exact) mass is 231 g/mol. The SMILES string of the molecule is Cc1ccc(Cc2noc(C(C)N)n2)cc1C. The number of benzene rings is 1. The second-order valence-electron chi connectivity index (χ2n) is 4.43. The fourth-order valence-corrected chi connectivity index (χ4v) is 1.62. The van der Waals surface area contributed by atoms with Gasteiger partial charge in [0, 0.05) is 6.42 Å². The Morgan fingerprint density at radius 1 is 1.29 bits per heavy atom. The standard InChI is InChI=1S/C13H17N3O/c1-8-4-5-11(6-9(8)2)7-12-15-13(10(3)14)17-16-12/h4-6,10H,7,14H2,1-3H3. The van der Waals surface area contributed by atoms with E-state index in [-0.39, 0.29) is 6.04 Å². The average Bonchev–Trinajstić information content (AvgIpc) is 2.72. The summed E-state index contributed by atoms with van der Waals surface area (Å²) in [6.07, 6.45) is 0.678. The first kappa shape index (κ1) is 11.8. The van der Waals surface area contributed by atoms with Crippen LogP contribution < -0.4 is 5.73 Å². The third-order valence-electron chi connectivity index (χ3n) is 2.81. The zero-order valence-electron chi connectivity index (χ0n) is 10.4. The van der Waals surface area contributed by atoms with E-state index in [1.54, 1.807) is 0 Å². The first-order chi connectivity index (χ1) is 8.06. The van der Waals surface area contributed by atoms with Gasteiger partial charge in [0.25, 0.3) is 0 Å². The predicted octanol–water partition coefficient (Wildman–Crippen LogP) is 2.30. The molecular weight excluding hydrogens is 214 g/mol. The highest BCUT2D eigenvalue weighted by atomic mass is 16.5. The molecule has 90 valence electrons. The van der Waals surface area contributed by atoms with Gasteiger partial charge in [0.1, 0.15) is 0 Å². The summed E-state index contributed by atoms with van der Waals surface area (Å²) in [5.74, 6) is 1.17. The maximum atomic E-state index is 5.67. The quantitative estimate of drug-likeness (QED) is 0.880. The summed E-state index contributed by atoms with van der Waals surface area (Å²) in [5, 5.41) is 3.92. The van der Waals surface area contributed by atoms with Crippen molar-refractivity contribution in [3.63, 3.8) is 0 Å². The second-order valence-corrected chi connectivity index (χ2v) is 4.43. The molecule has 2 N–H and O–H groups in total. The molecule has 0 fully saturated rings. The highest BCUT2D eigenvalue weighted by Crippen LogP contribution is 2.14. The third kappa shape index (κ3) is 2.71. The van der Waals surface area contributed by atoms with Crippen molar-refractivity contribution in [2.45, 2.75) is 33.2 Å². The van der Waals surface area contributed by atoms with Gasteiger partial charge in [-0.1, -0.05) is 23.4 Å². The van der Waals surface area contributed by atoms with E-state index in [1.807, 2.05) is 6.92 Å². The Morgan fingerprint density at radius 3 is 2.65 bits per heavy atom. The lowest BCUT2D eigenvalue weighted by molar-refractivity contribution is 0.358. The van der Waals surface area contributed by atoms with E-state index in [0.29, 0.717) is 18.1 Å². The van der Waals surface area contributed by atoms with Gasteiger partial charge in [0.2, 0.25) is 5.89 Å². The molecule has 0 bridgehead atoms. The summed E-state index contributed by atoms with van der Waals surface area (Å²) >= 11 is 0. The molecule has 1 atom stereocenters. The van der Waals surface area contributed by atoms with Crippen molar-refractivity contribution in [1.82, 2.24) is 10.1 Å². The molecule has 4 heteroatoms. The normalized spacial score (nSPS) is 12.7. The lowest BCUT2D eigenvalue weighted by Gasteiger charge is -2.02. The average molecular weight is 231 g/mol. The smallest absolute Gasteiger partial charge is 0.243 e. The van der Waals surface area contributed by atoms with Crippen molar-refractivity contribution in [3.8, 4) is 0 Å². The number of aryl methyl sites for hydroxylation is 2.